The number of hydrogen-bond acceptors (Lipinski definition) is 5. The van der Waals surface area contributed by atoms with Gasteiger partial charge in [-0.25, -0.2) is 17.9 Å². The second-order valence-electron chi connectivity index (χ2n) is 3.42. The maximum absolute atomic E-state index is 11.7. The maximum atomic E-state index is 11.7. The molecular weight excluding hydrogens is 280 g/mol. The molecule has 18 heavy (non-hydrogen) atoms. The number of carbonyl (C=O) groups is 2. The number of amides is 1. The highest BCUT2D eigenvalue weighted by Crippen LogP contribution is 2.18. The zero-order chi connectivity index (χ0) is 13.8. The average Bonchev–Trinajstić information content (AvgIpc) is 2.74. The normalized spacial score (nSPS) is 11.3. The van der Waals surface area contributed by atoms with E-state index in [4.69, 9.17) is 10.8 Å². The van der Waals surface area contributed by atoms with E-state index in [2.05, 4.69) is 4.72 Å². The molecule has 1 amide bonds. The molecule has 1 aromatic heterocycles. The SMILES string of the molecule is NC(=O)CCCNS(=O)(=O)c1csc(C(=O)O)c1. The summed E-state index contributed by atoms with van der Waals surface area (Å²) in [5, 5.41) is 9.93. The van der Waals surface area contributed by atoms with Crippen molar-refractivity contribution in [2.24, 2.45) is 5.73 Å². The molecule has 0 atom stereocenters. The van der Waals surface area contributed by atoms with E-state index in [0.717, 1.165) is 17.4 Å². The standard InChI is InChI=1S/C9H12N2O5S2/c10-8(12)2-1-3-11-18(15,16)6-4-7(9(13)14)17-5-6/h4-5,11H,1-3H2,(H2,10,12)(H,13,14). The number of nitrogens with one attached hydrogen (secondary N) is 1. The third-order valence-corrected chi connectivity index (χ3v) is 4.50. The van der Waals surface area contributed by atoms with Gasteiger partial charge in [-0.1, -0.05) is 0 Å². The predicted octanol–water partition coefficient (Wildman–Crippen LogP) is -0.00990. The van der Waals surface area contributed by atoms with Crippen LogP contribution < -0.4 is 10.5 Å². The van der Waals surface area contributed by atoms with E-state index in [9.17, 15) is 18.0 Å². The largest absolute Gasteiger partial charge is 0.477 e. The van der Waals surface area contributed by atoms with Gasteiger partial charge in [-0.05, 0) is 12.5 Å². The van der Waals surface area contributed by atoms with Crippen LogP contribution in [0.15, 0.2) is 16.3 Å². The molecule has 0 bridgehead atoms. The van der Waals surface area contributed by atoms with Gasteiger partial charge in [-0.2, -0.15) is 0 Å². The minimum atomic E-state index is -3.73. The highest BCUT2D eigenvalue weighted by Gasteiger charge is 2.17. The Morgan fingerprint density at radius 1 is 1.44 bits per heavy atom. The molecule has 0 saturated carbocycles. The summed E-state index contributed by atoms with van der Waals surface area (Å²) < 4.78 is 25.7. The van der Waals surface area contributed by atoms with Gasteiger partial charge in [0.1, 0.15) is 4.88 Å². The molecule has 100 valence electrons. The van der Waals surface area contributed by atoms with Gasteiger partial charge in [-0.15, -0.1) is 11.3 Å². The molecule has 0 saturated heterocycles. The Hall–Kier alpha value is -1.45. The van der Waals surface area contributed by atoms with E-state index in [0.29, 0.717) is 6.42 Å². The smallest absolute Gasteiger partial charge is 0.345 e. The monoisotopic (exact) mass is 292 g/mol. The summed E-state index contributed by atoms with van der Waals surface area (Å²) in [7, 11) is -3.73. The van der Waals surface area contributed by atoms with Crippen LogP contribution in [0.2, 0.25) is 0 Å². The lowest BCUT2D eigenvalue weighted by Crippen LogP contribution is -2.25. The second-order valence-corrected chi connectivity index (χ2v) is 6.10. The Balaban J connectivity index is 2.62. The molecule has 0 aliphatic carbocycles. The van der Waals surface area contributed by atoms with Crippen LogP contribution in [0, 0.1) is 0 Å². The average molecular weight is 292 g/mol. The summed E-state index contributed by atoms with van der Waals surface area (Å²) in [6.07, 6.45) is 0.386. The summed E-state index contributed by atoms with van der Waals surface area (Å²) >= 11 is 0.836. The first-order chi connectivity index (χ1) is 8.33. The van der Waals surface area contributed by atoms with Gasteiger partial charge < -0.3 is 10.8 Å². The zero-order valence-electron chi connectivity index (χ0n) is 9.25. The summed E-state index contributed by atoms with van der Waals surface area (Å²) in [5.74, 6) is -1.67. The number of sulfonamides is 1. The lowest BCUT2D eigenvalue weighted by atomic mass is 10.3. The lowest BCUT2D eigenvalue weighted by Gasteiger charge is -2.03. The van der Waals surface area contributed by atoms with E-state index in [1.807, 2.05) is 0 Å². The van der Waals surface area contributed by atoms with Crippen molar-refractivity contribution in [1.82, 2.24) is 4.72 Å². The number of thiophene rings is 1. The van der Waals surface area contributed by atoms with Gasteiger partial charge in [0, 0.05) is 18.3 Å². The first kappa shape index (κ1) is 14.6. The van der Waals surface area contributed by atoms with E-state index in [1.54, 1.807) is 0 Å². The molecule has 0 aliphatic rings. The van der Waals surface area contributed by atoms with Crippen LogP contribution in [0.4, 0.5) is 0 Å². The highest BCUT2D eigenvalue weighted by molar-refractivity contribution is 7.89. The summed E-state index contributed by atoms with van der Waals surface area (Å²) in [4.78, 5) is 20.9. The molecule has 0 fully saturated rings. The van der Waals surface area contributed by atoms with Gasteiger partial charge in [0.2, 0.25) is 15.9 Å². The van der Waals surface area contributed by atoms with E-state index >= 15 is 0 Å². The molecular formula is C9H12N2O5S2. The van der Waals surface area contributed by atoms with Crippen LogP contribution in [0.25, 0.3) is 0 Å². The molecule has 7 nitrogen and oxygen atoms in total. The number of carbonyl (C=O) groups excluding carboxylic acids is 1. The molecule has 0 unspecified atom stereocenters. The van der Waals surface area contributed by atoms with E-state index in [-0.39, 0.29) is 22.7 Å². The van der Waals surface area contributed by atoms with Gasteiger partial charge in [-0.3, -0.25) is 4.79 Å². The minimum Gasteiger partial charge on any atom is -0.477 e. The molecule has 9 heteroatoms. The van der Waals surface area contributed by atoms with Crippen LogP contribution in [0.3, 0.4) is 0 Å². The van der Waals surface area contributed by atoms with Crippen LogP contribution in [-0.2, 0) is 14.8 Å². The van der Waals surface area contributed by atoms with Gasteiger partial charge >= 0.3 is 5.97 Å². The lowest BCUT2D eigenvalue weighted by molar-refractivity contribution is -0.118. The Morgan fingerprint density at radius 3 is 2.61 bits per heavy atom. The second kappa shape index (κ2) is 5.94. The Labute approximate surface area is 108 Å². The molecule has 4 N–H and O–H groups in total. The number of carboxylic acid groups (broad SMARTS) is 1. The van der Waals surface area contributed by atoms with Crippen LogP contribution in [-0.4, -0.2) is 31.9 Å². The molecule has 1 rings (SSSR count). The molecule has 1 aromatic rings. The Bertz CT molecular complexity index is 549. The number of nitrogens with two attached hydrogens (primary N) is 1. The fourth-order valence-corrected chi connectivity index (χ4v) is 3.31. The number of hydrogen-bond donors (Lipinski definition) is 3. The minimum absolute atomic E-state index is 0.0486. The van der Waals surface area contributed by atoms with Crippen LogP contribution in [0.1, 0.15) is 22.5 Å². The number of aromatic carboxylic acids is 1. The topological polar surface area (TPSA) is 127 Å². The summed E-state index contributed by atoms with van der Waals surface area (Å²) in [5.41, 5.74) is 4.91. The first-order valence-corrected chi connectivity index (χ1v) is 7.29. The van der Waals surface area contributed by atoms with Crippen LogP contribution >= 0.6 is 11.3 Å². The van der Waals surface area contributed by atoms with Crippen LogP contribution in [0.5, 0.6) is 0 Å². The van der Waals surface area contributed by atoms with Gasteiger partial charge in [0.25, 0.3) is 0 Å². The molecule has 0 aromatic carbocycles. The number of primary amides is 1. The van der Waals surface area contributed by atoms with Crippen molar-refractivity contribution in [3.05, 3.63) is 16.3 Å². The first-order valence-electron chi connectivity index (χ1n) is 4.93. The highest BCUT2D eigenvalue weighted by atomic mass is 32.2. The third kappa shape index (κ3) is 4.09. The van der Waals surface area contributed by atoms with Crippen molar-refractivity contribution in [2.75, 3.05) is 6.54 Å². The number of rotatable bonds is 7. The Morgan fingerprint density at radius 2 is 2.11 bits per heavy atom. The predicted molar refractivity (Wildman–Crippen MR) is 64.9 cm³/mol. The Kier molecular flexibility index (Phi) is 4.82. The molecule has 0 radical (unpaired) electrons. The summed E-state index contributed by atoms with van der Waals surface area (Å²) in [6.45, 7) is 0.0729. The van der Waals surface area contributed by atoms with Crippen molar-refractivity contribution < 1.29 is 23.1 Å². The van der Waals surface area contributed by atoms with E-state index in [1.165, 1.54) is 5.38 Å². The maximum Gasteiger partial charge on any atom is 0.345 e. The van der Waals surface area contributed by atoms with Crippen molar-refractivity contribution in [1.29, 1.82) is 0 Å². The fourth-order valence-electron chi connectivity index (χ4n) is 1.12. The van der Waals surface area contributed by atoms with Gasteiger partial charge in [0.15, 0.2) is 0 Å². The molecule has 1 heterocycles. The third-order valence-electron chi connectivity index (χ3n) is 1.99. The van der Waals surface area contributed by atoms with Crippen molar-refractivity contribution >= 4 is 33.2 Å². The van der Waals surface area contributed by atoms with Gasteiger partial charge in [0.05, 0.1) is 4.90 Å². The molecule has 0 aliphatic heterocycles. The van der Waals surface area contributed by atoms with E-state index < -0.39 is 21.9 Å². The fraction of sp³-hybridized carbons (Fsp3) is 0.333. The summed E-state index contributed by atoms with van der Waals surface area (Å²) in [6, 6.07) is 1.09. The van der Waals surface area contributed by atoms with Crippen molar-refractivity contribution in [3.8, 4) is 0 Å². The number of carboxylic acids is 1. The van der Waals surface area contributed by atoms with Crippen molar-refractivity contribution in [3.63, 3.8) is 0 Å². The quantitative estimate of drug-likeness (QED) is 0.609. The zero-order valence-corrected chi connectivity index (χ0v) is 10.9. The van der Waals surface area contributed by atoms with Crippen molar-refractivity contribution in [2.45, 2.75) is 17.7 Å². The molecule has 0 spiro atoms.